The Bertz CT molecular complexity index is 789. The summed E-state index contributed by atoms with van der Waals surface area (Å²) in [6, 6.07) is 18.7. The molecule has 2 aromatic carbocycles. The molecule has 2 aromatic rings. The lowest BCUT2D eigenvalue weighted by molar-refractivity contribution is -0.151. The second-order valence-corrected chi connectivity index (χ2v) is 7.91. The van der Waals surface area contributed by atoms with Crippen LogP contribution in [0.15, 0.2) is 54.6 Å². The van der Waals surface area contributed by atoms with Gasteiger partial charge in [-0.05, 0) is 50.6 Å². The zero-order chi connectivity index (χ0) is 20.3. The van der Waals surface area contributed by atoms with Crippen LogP contribution in [0.1, 0.15) is 32.4 Å². The van der Waals surface area contributed by atoms with Gasteiger partial charge in [0.2, 0.25) is 0 Å². The van der Waals surface area contributed by atoms with E-state index < -0.39 is 5.41 Å². The number of carbonyl (C=O) groups is 1. The van der Waals surface area contributed by atoms with Crippen LogP contribution in [0.3, 0.4) is 0 Å². The molecule has 1 fully saturated rings. The summed E-state index contributed by atoms with van der Waals surface area (Å²) in [5.41, 5.74) is 1.57. The van der Waals surface area contributed by atoms with Crippen molar-refractivity contribution in [1.29, 1.82) is 0 Å². The minimum Gasteiger partial charge on any atom is -0.497 e. The van der Waals surface area contributed by atoms with E-state index >= 15 is 0 Å². The first kappa shape index (κ1) is 20.2. The monoisotopic (exact) mass is 382 g/mol. The second-order valence-electron chi connectivity index (χ2n) is 7.91. The maximum atomic E-state index is 12.5. The standard InChI is InChI=1S/C23H30N2O3/c1-16(17-9-7-6-8-10-17)25-15-20(25)21(23(2,3)22(26)28-5)24-18-11-13-19(27-4)14-12-18/h6-14,16,20-21,24H,15H2,1-5H3/t16-,20-,21+,25?/m1/s1. The van der Waals surface area contributed by atoms with Crippen molar-refractivity contribution in [2.45, 2.75) is 38.9 Å². The highest BCUT2D eigenvalue weighted by atomic mass is 16.5. The highest BCUT2D eigenvalue weighted by Crippen LogP contribution is 2.40. The van der Waals surface area contributed by atoms with Crippen molar-refractivity contribution in [1.82, 2.24) is 4.90 Å². The molecular formula is C23H30N2O3. The predicted molar refractivity (Wildman–Crippen MR) is 112 cm³/mol. The Labute approximate surface area is 167 Å². The van der Waals surface area contributed by atoms with E-state index in [4.69, 9.17) is 9.47 Å². The van der Waals surface area contributed by atoms with E-state index in [1.807, 2.05) is 44.2 Å². The Hall–Kier alpha value is -2.53. The van der Waals surface area contributed by atoms with Crippen molar-refractivity contribution in [3.05, 3.63) is 60.2 Å². The minimum atomic E-state index is -0.676. The van der Waals surface area contributed by atoms with Gasteiger partial charge in [0.15, 0.2) is 0 Å². The van der Waals surface area contributed by atoms with Crippen LogP contribution in [0.25, 0.3) is 0 Å². The number of anilines is 1. The molecule has 0 saturated carbocycles. The van der Waals surface area contributed by atoms with Crippen LogP contribution in [0.4, 0.5) is 5.69 Å². The van der Waals surface area contributed by atoms with Crippen molar-refractivity contribution in [2.75, 3.05) is 26.1 Å². The fourth-order valence-corrected chi connectivity index (χ4v) is 3.85. The topological polar surface area (TPSA) is 50.6 Å². The first-order chi connectivity index (χ1) is 13.4. The predicted octanol–water partition coefficient (Wildman–Crippen LogP) is 4.12. The van der Waals surface area contributed by atoms with Gasteiger partial charge in [0.1, 0.15) is 5.75 Å². The molecule has 0 radical (unpaired) electrons. The molecule has 0 aliphatic carbocycles. The lowest BCUT2D eigenvalue weighted by Gasteiger charge is -2.34. The van der Waals surface area contributed by atoms with E-state index in [2.05, 4.69) is 41.4 Å². The van der Waals surface area contributed by atoms with E-state index in [0.717, 1.165) is 18.0 Å². The molecular weight excluding hydrogens is 352 g/mol. The third kappa shape index (κ3) is 4.14. The molecule has 0 bridgehead atoms. The highest BCUT2D eigenvalue weighted by molar-refractivity contribution is 5.78. The van der Waals surface area contributed by atoms with E-state index in [9.17, 15) is 4.79 Å². The van der Waals surface area contributed by atoms with E-state index in [-0.39, 0.29) is 18.1 Å². The summed E-state index contributed by atoms with van der Waals surface area (Å²) in [6.45, 7) is 7.04. The van der Waals surface area contributed by atoms with Gasteiger partial charge in [-0.25, -0.2) is 0 Å². The number of ether oxygens (including phenoxy) is 2. The smallest absolute Gasteiger partial charge is 0.313 e. The zero-order valence-electron chi connectivity index (χ0n) is 17.3. The number of hydrogen-bond acceptors (Lipinski definition) is 5. The number of rotatable bonds is 8. The lowest BCUT2D eigenvalue weighted by atomic mass is 9.82. The first-order valence-electron chi connectivity index (χ1n) is 9.68. The highest BCUT2D eigenvalue weighted by Gasteiger charge is 2.52. The van der Waals surface area contributed by atoms with E-state index in [1.54, 1.807) is 7.11 Å². The summed E-state index contributed by atoms with van der Waals surface area (Å²) in [6.07, 6.45) is 0. The fourth-order valence-electron chi connectivity index (χ4n) is 3.85. The van der Waals surface area contributed by atoms with Gasteiger partial charge in [-0.1, -0.05) is 30.3 Å². The molecule has 5 heteroatoms. The minimum absolute atomic E-state index is 0.0838. The molecule has 0 aromatic heterocycles. The number of esters is 1. The molecule has 3 rings (SSSR count). The van der Waals surface area contributed by atoms with Gasteiger partial charge in [0.05, 0.1) is 25.7 Å². The number of benzene rings is 2. The van der Waals surface area contributed by atoms with E-state index in [0.29, 0.717) is 6.04 Å². The molecule has 28 heavy (non-hydrogen) atoms. The SMILES string of the molecule is COC(=O)C(C)(C)[C@@H](Nc1ccc(OC)cc1)[C@H]1CN1[C@H](C)c1ccccc1. The average Bonchev–Trinajstić information content (AvgIpc) is 3.52. The van der Waals surface area contributed by atoms with Crippen molar-refractivity contribution in [3.63, 3.8) is 0 Å². The van der Waals surface area contributed by atoms with Crippen molar-refractivity contribution >= 4 is 11.7 Å². The Balaban J connectivity index is 1.82. The molecule has 1 N–H and O–H groups in total. The lowest BCUT2D eigenvalue weighted by Crippen LogP contribution is -2.47. The first-order valence-corrected chi connectivity index (χ1v) is 9.68. The molecule has 0 spiro atoms. The summed E-state index contributed by atoms with van der Waals surface area (Å²) in [5, 5.41) is 3.59. The molecule has 0 amide bonds. The fraction of sp³-hybridized carbons (Fsp3) is 0.435. The third-order valence-corrected chi connectivity index (χ3v) is 5.76. The Morgan fingerprint density at radius 2 is 1.75 bits per heavy atom. The summed E-state index contributed by atoms with van der Waals surface area (Å²) in [7, 11) is 3.10. The molecule has 4 atom stereocenters. The van der Waals surface area contributed by atoms with Gasteiger partial charge in [-0.2, -0.15) is 0 Å². The second kappa shape index (κ2) is 8.23. The number of nitrogens with zero attached hydrogens (tertiary/aromatic N) is 1. The maximum absolute atomic E-state index is 12.5. The van der Waals surface area contributed by atoms with Gasteiger partial charge < -0.3 is 14.8 Å². The Morgan fingerprint density at radius 1 is 1.11 bits per heavy atom. The van der Waals surface area contributed by atoms with Crippen LogP contribution in [-0.2, 0) is 9.53 Å². The molecule has 1 unspecified atom stereocenters. The van der Waals surface area contributed by atoms with Crippen LogP contribution >= 0.6 is 0 Å². The quantitative estimate of drug-likeness (QED) is 0.550. The van der Waals surface area contributed by atoms with Crippen LogP contribution in [0, 0.1) is 5.41 Å². The normalized spacial score (nSPS) is 20.8. The maximum Gasteiger partial charge on any atom is 0.313 e. The van der Waals surface area contributed by atoms with Gasteiger partial charge >= 0.3 is 5.97 Å². The van der Waals surface area contributed by atoms with Crippen LogP contribution in [-0.4, -0.2) is 43.7 Å². The van der Waals surface area contributed by atoms with Crippen LogP contribution in [0.5, 0.6) is 5.75 Å². The zero-order valence-corrected chi connectivity index (χ0v) is 17.3. The summed E-state index contributed by atoms with van der Waals surface area (Å²) in [5.74, 6) is 0.595. The molecule has 150 valence electrons. The third-order valence-electron chi connectivity index (χ3n) is 5.76. The summed E-state index contributed by atoms with van der Waals surface area (Å²) < 4.78 is 10.4. The van der Waals surface area contributed by atoms with Gasteiger partial charge in [-0.15, -0.1) is 0 Å². The Kier molecular flexibility index (Phi) is 5.94. The van der Waals surface area contributed by atoms with Gasteiger partial charge in [-0.3, -0.25) is 9.69 Å². The van der Waals surface area contributed by atoms with Gasteiger partial charge in [0, 0.05) is 24.3 Å². The summed E-state index contributed by atoms with van der Waals surface area (Å²) >= 11 is 0. The van der Waals surface area contributed by atoms with Crippen LogP contribution in [0.2, 0.25) is 0 Å². The molecule has 1 aliphatic rings. The van der Waals surface area contributed by atoms with E-state index in [1.165, 1.54) is 12.7 Å². The van der Waals surface area contributed by atoms with Crippen LogP contribution < -0.4 is 10.1 Å². The van der Waals surface area contributed by atoms with Gasteiger partial charge in [0.25, 0.3) is 0 Å². The van der Waals surface area contributed by atoms with Crippen molar-refractivity contribution in [2.24, 2.45) is 5.41 Å². The van der Waals surface area contributed by atoms with Crippen molar-refractivity contribution < 1.29 is 14.3 Å². The van der Waals surface area contributed by atoms with Crippen molar-refractivity contribution in [3.8, 4) is 5.75 Å². The largest absolute Gasteiger partial charge is 0.497 e. The number of hydrogen-bond donors (Lipinski definition) is 1. The molecule has 5 nitrogen and oxygen atoms in total. The average molecular weight is 383 g/mol. The molecule has 1 saturated heterocycles. The number of methoxy groups -OCH3 is 2. The summed E-state index contributed by atoms with van der Waals surface area (Å²) in [4.78, 5) is 15.0. The number of nitrogens with one attached hydrogen (secondary N) is 1. The number of carbonyl (C=O) groups excluding carboxylic acids is 1. The molecule has 1 aliphatic heterocycles. The Morgan fingerprint density at radius 3 is 2.32 bits per heavy atom. The molecule has 1 heterocycles.